The maximum Gasteiger partial charge on any atom is 0.343 e. The van der Waals surface area contributed by atoms with Gasteiger partial charge in [0.05, 0.1) is 18.4 Å². The zero-order chi connectivity index (χ0) is 27.0. The normalized spacial score (nSPS) is 11.0. The molecule has 5 rings (SSSR count). The first kappa shape index (κ1) is 25.5. The van der Waals surface area contributed by atoms with Gasteiger partial charge < -0.3 is 14.2 Å². The van der Waals surface area contributed by atoms with E-state index in [4.69, 9.17) is 14.2 Å². The van der Waals surface area contributed by atoms with Crippen LogP contribution < -0.4 is 19.6 Å². The third-order valence-corrected chi connectivity index (χ3v) is 6.01. The number of hydrogen-bond donors (Lipinski definition) is 1. The Hall–Kier alpha value is -5.17. The number of carbonyl (C=O) groups is 2. The molecule has 0 aliphatic rings. The number of fused-ring (bicyclic) bond motifs is 2. The molecule has 0 spiro atoms. The molecule has 39 heavy (non-hydrogen) atoms. The van der Waals surface area contributed by atoms with E-state index in [1.807, 2.05) is 79.7 Å². The average molecular weight is 519 g/mol. The average Bonchev–Trinajstić information content (AvgIpc) is 2.97. The molecule has 0 aromatic heterocycles. The Balaban J connectivity index is 1.28. The third-order valence-electron chi connectivity index (χ3n) is 6.01. The Morgan fingerprint density at radius 1 is 0.769 bits per heavy atom. The smallest absolute Gasteiger partial charge is 0.343 e. The first-order valence-electron chi connectivity index (χ1n) is 12.5. The highest BCUT2D eigenvalue weighted by Crippen LogP contribution is 2.28. The van der Waals surface area contributed by atoms with Gasteiger partial charge in [0.1, 0.15) is 17.2 Å². The number of nitrogens with zero attached hydrogens (tertiary/aromatic N) is 1. The molecule has 0 saturated carbocycles. The molecule has 0 radical (unpaired) electrons. The molecule has 0 saturated heterocycles. The second kappa shape index (κ2) is 11.9. The molecule has 5 aromatic carbocycles. The molecular formula is C32H26N2O5. The summed E-state index contributed by atoms with van der Waals surface area (Å²) in [4.78, 5) is 25.3. The highest BCUT2D eigenvalue weighted by atomic mass is 16.5. The molecule has 0 aliphatic heterocycles. The van der Waals surface area contributed by atoms with Crippen LogP contribution in [-0.2, 0) is 4.79 Å². The largest absolute Gasteiger partial charge is 0.494 e. The van der Waals surface area contributed by atoms with E-state index in [-0.39, 0.29) is 6.61 Å². The summed E-state index contributed by atoms with van der Waals surface area (Å²) >= 11 is 0. The molecule has 7 heteroatoms. The van der Waals surface area contributed by atoms with Gasteiger partial charge in [-0.1, -0.05) is 60.7 Å². The summed E-state index contributed by atoms with van der Waals surface area (Å²) in [6, 6.07) is 31.5. The summed E-state index contributed by atoms with van der Waals surface area (Å²) in [6.45, 7) is 2.23. The number of amides is 1. The van der Waals surface area contributed by atoms with Gasteiger partial charge in [-0.15, -0.1) is 0 Å². The standard InChI is InChI=1S/C32H26N2O5/c1-2-37-26-15-12-24(13-16-26)32(36)39-30-18-14-23-8-5-6-10-28(23)29(30)20-33-34-31(35)21-38-27-17-11-22-7-3-4-9-25(22)19-27/h3-20H,2,21H2,1H3,(H,34,35)/b33-20+. The summed E-state index contributed by atoms with van der Waals surface area (Å²) < 4.78 is 16.8. The minimum Gasteiger partial charge on any atom is -0.494 e. The van der Waals surface area contributed by atoms with Crippen molar-refractivity contribution in [2.45, 2.75) is 6.92 Å². The first-order chi connectivity index (χ1) is 19.1. The quantitative estimate of drug-likeness (QED) is 0.110. The predicted octanol–water partition coefficient (Wildman–Crippen LogP) is 6.14. The lowest BCUT2D eigenvalue weighted by Crippen LogP contribution is -2.24. The maximum atomic E-state index is 12.9. The van der Waals surface area contributed by atoms with Gasteiger partial charge in [0.2, 0.25) is 0 Å². The van der Waals surface area contributed by atoms with Crippen molar-refractivity contribution < 1.29 is 23.8 Å². The van der Waals surface area contributed by atoms with E-state index in [0.29, 0.717) is 35.0 Å². The van der Waals surface area contributed by atoms with E-state index < -0.39 is 11.9 Å². The van der Waals surface area contributed by atoms with Crippen LogP contribution in [0.25, 0.3) is 21.5 Å². The molecule has 0 heterocycles. The summed E-state index contributed by atoms with van der Waals surface area (Å²) in [5, 5.41) is 7.99. The molecule has 0 bridgehead atoms. The van der Waals surface area contributed by atoms with E-state index in [0.717, 1.165) is 21.5 Å². The fourth-order valence-corrected chi connectivity index (χ4v) is 4.12. The summed E-state index contributed by atoms with van der Waals surface area (Å²) in [6.07, 6.45) is 1.47. The Morgan fingerprint density at radius 2 is 1.46 bits per heavy atom. The molecule has 5 aromatic rings. The van der Waals surface area contributed by atoms with Gasteiger partial charge in [0.15, 0.2) is 6.61 Å². The van der Waals surface area contributed by atoms with Crippen LogP contribution in [0, 0.1) is 0 Å². The van der Waals surface area contributed by atoms with E-state index >= 15 is 0 Å². The van der Waals surface area contributed by atoms with Gasteiger partial charge in [0.25, 0.3) is 5.91 Å². The fourth-order valence-electron chi connectivity index (χ4n) is 4.12. The second-order valence-corrected chi connectivity index (χ2v) is 8.64. The van der Waals surface area contributed by atoms with Gasteiger partial charge in [-0.2, -0.15) is 5.10 Å². The van der Waals surface area contributed by atoms with Crippen molar-refractivity contribution in [1.82, 2.24) is 5.43 Å². The van der Waals surface area contributed by atoms with Crippen molar-refractivity contribution in [1.29, 1.82) is 0 Å². The molecule has 1 amide bonds. The van der Waals surface area contributed by atoms with Crippen molar-refractivity contribution in [3.05, 3.63) is 114 Å². The molecule has 0 atom stereocenters. The summed E-state index contributed by atoms with van der Waals surface area (Å²) in [5.41, 5.74) is 3.43. The van der Waals surface area contributed by atoms with Crippen LogP contribution in [0.5, 0.6) is 17.2 Å². The Bertz CT molecular complexity index is 1660. The van der Waals surface area contributed by atoms with E-state index in [9.17, 15) is 9.59 Å². The van der Waals surface area contributed by atoms with Crippen molar-refractivity contribution in [3.8, 4) is 17.2 Å². The van der Waals surface area contributed by atoms with Crippen LogP contribution in [0.4, 0.5) is 0 Å². The molecule has 0 aliphatic carbocycles. The van der Waals surface area contributed by atoms with Crippen LogP contribution in [0.1, 0.15) is 22.8 Å². The van der Waals surface area contributed by atoms with E-state index in [1.54, 1.807) is 30.3 Å². The van der Waals surface area contributed by atoms with Crippen molar-refractivity contribution in [2.75, 3.05) is 13.2 Å². The van der Waals surface area contributed by atoms with E-state index in [1.165, 1.54) is 6.21 Å². The summed E-state index contributed by atoms with van der Waals surface area (Å²) in [7, 11) is 0. The zero-order valence-electron chi connectivity index (χ0n) is 21.3. The molecule has 0 fully saturated rings. The van der Waals surface area contributed by atoms with Gasteiger partial charge in [-0.25, -0.2) is 10.2 Å². The zero-order valence-corrected chi connectivity index (χ0v) is 21.3. The molecule has 7 nitrogen and oxygen atoms in total. The number of hydrazone groups is 1. The van der Waals surface area contributed by atoms with Crippen LogP contribution in [0.15, 0.2) is 108 Å². The molecule has 1 N–H and O–H groups in total. The third kappa shape index (κ3) is 6.22. The first-order valence-corrected chi connectivity index (χ1v) is 12.5. The van der Waals surface area contributed by atoms with Crippen LogP contribution in [-0.4, -0.2) is 31.3 Å². The number of ether oxygens (including phenoxy) is 3. The molecular weight excluding hydrogens is 492 g/mol. The Morgan fingerprint density at radius 3 is 2.26 bits per heavy atom. The number of carbonyl (C=O) groups excluding carboxylic acids is 2. The minimum absolute atomic E-state index is 0.204. The van der Waals surface area contributed by atoms with Gasteiger partial charge in [0, 0.05) is 5.56 Å². The second-order valence-electron chi connectivity index (χ2n) is 8.64. The van der Waals surface area contributed by atoms with Crippen molar-refractivity contribution in [3.63, 3.8) is 0 Å². The number of benzene rings is 5. The lowest BCUT2D eigenvalue weighted by Gasteiger charge is -2.11. The Kier molecular flexibility index (Phi) is 7.79. The summed E-state index contributed by atoms with van der Waals surface area (Å²) in [5.74, 6) is 0.639. The van der Waals surface area contributed by atoms with Crippen LogP contribution >= 0.6 is 0 Å². The number of hydrogen-bond acceptors (Lipinski definition) is 6. The lowest BCUT2D eigenvalue weighted by atomic mass is 10.0. The molecule has 0 unspecified atom stereocenters. The minimum atomic E-state index is -0.518. The maximum absolute atomic E-state index is 12.9. The number of nitrogens with one attached hydrogen (secondary N) is 1. The van der Waals surface area contributed by atoms with Crippen LogP contribution in [0.2, 0.25) is 0 Å². The highest BCUT2D eigenvalue weighted by Gasteiger charge is 2.14. The fraction of sp³-hybridized carbons (Fsp3) is 0.0938. The van der Waals surface area contributed by atoms with Crippen LogP contribution in [0.3, 0.4) is 0 Å². The number of esters is 1. The number of rotatable bonds is 9. The monoisotopic (exact) mass is 518 g/mol. The highest BCUT2D eigenvalue weighted by molar-refractivity contribution is 6.04. The topological polar surface area (TPSA) is 86.2 Å². The van der Waals surface area contributed by atoms with Gasteiger partial charge in [-0.3, -0.25) is 4.79 Å². The molecule has 194 valence electrons. The predicted molar refractivity (Wildman–Crippen MR) is 152 cm³/mol. The van der Waals surface area contributed by atoms with Gasteiger partial charge >= 0.3 is 5.97 Å². The van der Waals surface area contributed by atoms with Gasteiger partial charge in [-0.05, 0) is 70.9 Å². The van der Waals surface area contributed by atoms with Crippen molar-refractivity contribution >= 4 is 39.6 Å². The Labute approximate surface area is 225 Å². The SMILES string of the molecule is CCOc1ccc(C(=O)Oc2ccc3ccccc3c2/C=N/NC(=O)COc2ccc3ccccc3c2)cc1. The van der Waals surface area contributed by atoms with Crippen molar-refractivity contribution in [2.24, 2.45) is 5.10 Å². The lowest BCUT2D eigenvalue weighted by molar-refractivity contribution is -0.123. The van der Waals surface area contributed by atoms with E-state index in [2.05, 4.69) is 10.5 Å².